The summed E-state index contributed by atoms with van der Waals surface area (Å²) in [5, 5.41) is 26.3. The quantitative estimate of drug-likeness (QED) is 0.575. The van der Waals surface area contributed by atoms with Gasteiger partial charge >= 0.3 is 0 Å². The molecule has 0 saturated carbocycles. The highest BCUT2D eigenvalue weighted by atomic mass is 16.1. The highest BCUT2D eigenvalue weighted by Gasteiger charge is 2.31. The Hall–Kier alpha value is -2.08. The van der Waals surface area contributed by atoms with Gasteiger partial charge in [-0.1, -0.05) is 13.8 Å². The maximum absolute atomic E-state index is 11.7. The fraction of sp³-hybridized carbons (Fsp3) is 0.750. The molecule has 0 saturated heterocycles. The van der Waals surface area contributed by atoms with E-state index < -0.39 is 11.1 Å². The minimum Gasteiger partial charge on any atom is -0.300 e. The van der Waals surface area contributed by atoms with E-state index in [-0.39, 0.29) is 24.4 Å². The smallest absolute Gasteiger partial charge is 0.171 e. The SMILES string of the molecule is CCCC(=O)CC(C)(C#N)N=NC(C)(C#N)CC(=O)CCC. The van der Waals surface area contributed by atoms with Gasteiger partial charge in [-0.25, -0.2) is 0 Å². The molecule has 22 heavy (non-hydrogen) atoms. The van der Waals surface area contributed by atoms with Gasteiger partial charge in [0.15, 0.2) is 11.1 Å². The van der Waals surface area contributed by atoms with Crippen molar-refractivity contribution in [1.29, 1.82) is 10.5 Å². The molecule has 2 atom stereocenters. The molecular weight excluding hydrogens is 280 g/mol. The van der Waals surface area contributed by atoms with E-state index in [1.54, 1.807) is 0 Å². The molecule has 0 aromatic heterocycles. The molecule has 0 aromatic rings. The Morgan fingerprint density at radius 1 is 0.864 bits per heavy atom. The van der Waals surface area contributed by atoms with Crippen LogP contribution in [0, 0.1) is 22.7 Å². The molecule has 0 spiro atoms. The van der Waals surface area contributed by atoms with E-state index in [2.05, 4.69) is 10.2 Å². The number of ketones is 2. The Morgan fingerprint density at radius 2 is 1.18 bits per heavy atom. The van der Waals surface area contributed by atoms with Gasteiger partial charge in [0, 0.05) is 25.7 Å². The lowest BCUT2D eigenvalue weighted by atomic mass is 9.95. The summed E-state index contributed by atoms with van der Waals surface area (Å²) in [4.78, 5) is 23.4. The molecule has 6 nitrogen and oxygen atoms in total. The second-order valence-corrected chi connectivity index (χ2v) is 5.90. The summed E-state index contributed by atoms with van der Waals surface area (Å²) in [6, 6.07) is 3.93. The summed E-state index contributed by atoms with van der Waals surface area (Å²) in [6.45, 7) is 6.79. The Kier molecular flexibility index (Phi) is 8.19. The van der Waals surface area contributed by atoms with Crippen molar-refractivity contribution >= 4 is 11.6 Å². The van der Waals surface area contributed by atoms with E-state index >= 15 is 0 Å². The van der Waals surface area contributed by atoms with Gasteiger partial charge in [-0.3, -0.25) is 9.59 Å². The second-order valence-electron chi connectivity index (χ2n) is 5.90. The first-order chi connectivity index (χ1) is 10.2. The van der Waals surface area contributed by atoms with E-state index in [0.29, 0.717) is 25.7 Å². The number of nitriles is 2. The van der Waals surface area contributed by atoms with Gasteiger partial charge in [-0.2, -0.15) is 20.8 Å². The predicted molar refractivity (Wildman–Crippen MR) is 82.0 cm³/mol. The summed E-state index contributed by atoms with van der Waals surface area (Å²) >= 11 is 0. The number of hydrogen-bond acceptors (Lipinski definition) is 6. The number of hydrogen-bond donors (Lipinski definition) is 0. The van der Waals surface area contributed by atoms with Gasteiger partial charge in [0.2, 0.25) is 0 Å². The first-order valence-electron chi connectivity index (χ1n) is 7.54. The molecule has 0 fully saturated rings. The maximum atomic E-state index is 11.7. The van der Waals surface area contributed by atoms with Crippen LogP contribution < -0.4 is 0 Å². The second kappa shape index (κ2) is 9.04. The van der Waals surface area contributed by atoms with Gasteiger partial charge in [0.1, 0.15) is 11.6 Å². The van der Waals surface area contributed by atoms with Crippen LogP contribution in [-0.4, -0.2) is 22.6 Å². The Morgan fingerprint density at radius 3 is 1.41 bits per heavy atom. The lowest BCUT2D eigenvalue weighted by Crippen LogP contribution is -2.28. The number of carbonyl (C=O) groups excluding carboxylic acids is 2. The third kappa shape index (κ3) is 7.08. The largest absolute Gasteiger partial charge is 0.300 e. The summed E-state index contributed by atoms with van der Waals surface area (Å²) in [7, 11) is 0. The minimum absolute atomic E-state index is 0.0365. The minimum atomic E-state index is -1.29. The van der Waals surface area contributed by atoms with Crippen LogP contribution in [-0.2, 0) is 9.59 Å². The number of Topliss-reactive ketones (excluding diaryl/α,β-unsaturated/α-hetero) is 2. The molecule has 6 heteroatoms. The average Bonchev–Trinajstić information content (AvgIpc) is 2.45. The molecule has 0 amide bonds. The van der Waals surface area contributed by atoms with Gasteiger partial charge < -0.3 is 0 Å². The van der Waals surface area contributed by atoms with Crippen molar-refractivity contribution in [3.8, 4) is 12.1 Å². The third-order valence-corrected chi connectivity index (χ3v) is 3.11. The number of rotatable bonds is 10. The van der Waals surface area contributed by atoms with E-state index in [9.17, 15) is 20.1 Å². The number of azo groups is 1. The zero-order chi connectivity index (χ0) is 17.2. The molecule has 0 aliphatic rings. The van der Waals surface area contributed by atoms with Crippen LogP contribution in [0.25, 0.3) is 0 Å². The van der Waals surface area contributed by atoms with Crippen LogP contribution in [0.5, 0.6) is 0 Å². The predicted octanol–water partition coefficient (Wildman–Crippen LogP) is 3.52. The van der Waals surface area contributed by atoms with Gasteiger partial charge in [-0.15, -0.1) is 0 Å². The van der Waals surface area contributed by atoms with Crippen molar-refractivity contribution in [1.82, 2.24) is 0 Å². The molecule has 0 aliphatic carbocycles. The van der Waals surface area contributed by atoms with Gasteiger partial charge in [0.05, 0.1) is 12.1 Å². The highest BCUT2D eigenvalue weighted by molar-refractivity contribution is 5.80. The Labute approximate surface area is 132 Å². The van der Waals surface area contributed by atoms with Crippen molar-refractivity contribution in [2.24, 2.45) is 10.2 Å². The van der Waals surface area contributed by atoms with E-state index in [0.717, 1.165) is 0 Å². The summed E-state index contributed by atoms with van der Waals surface area (Å²) in [5.41, 5.74) is -2.59. The topological polar surface area (TPSA) is 106 Å². The lowest BCUT2D eigenvalue weighted by molar-refractivity contribution is -0.120. The monoisotopic (exact) mass is 304 g/mol. The van der Waals surface area contributed by atoms with E-state index in [1.165, 1.54) is 13.8 Å². The van der Waals surface area contributed by atoms with Crippen LogP contribution >= 0.6 is 0 Å². The first-order valence-corrected chi connectivity index (χ1v) is 7.54. The van der Waals surface area contributed by atoms with Gasteiger partial charge in [0.25, 0.3) is 0 Å². The zero-order valence-electron chi connectivity index (χ0n) is 13.8. The molecular formula is C16H24N4O2. The normalized spacial score (nSPS) is 16.3. The Balaban J connectivity index is 5.07. The average molecular weight is 304 g/mol. The molecule has 120 valence electrons. The molecule has 0 aromatic carbocycles. The van der Waals surface area contributed by atoms with Crippen LogP contribution in [0.2, 0.25) is 0 Å². The Bertz CT molecular complexity index is 469. The van der Waals surface area contributed by atoms with Crippen molar-refractivity contribution in [3.63, 3.8) is 0 Å². The van der Waals surface area contributed by atoms with Crippen molar-refractivity contribution < 1.29 is 9.59 Å². The third-order valence-electron chi connectivity index (χ3n) is 3.11. The van der Waals surface area contributed by atoms with Crippen LogP contribution in [0.4, 0.5) is 0 Å². The summed E-state index contributed by atoms with van der Waals surface area (Å²) < 4.78 is 0. The molecule has 0 bridgehead atoms. The van der Waals surface area contributed by atoms with Crippen LogP contribution in [0.15, 0.2) is 10.2 Å². The standard InChI is InChI=1S/C16H24N4O2/c1-5-7-13(21)9-15(3,11-17)19-20-16(4,12-18)10-14(22)8-6-2/h5-10H2,1-4H3. The fourth-order valence-corrected chi connectivity index (χ4v) is 1.92. The van der Waals surface area contributed by atoms with Crippen molar-refractivity contribution in [2.75, 3.05) is 0 Å². The number of nitrogens with zero attached hydrogens (tertiary/aromatic N) is 4. The molecule has 0 aliphatic heterocycles. The molecule has 0 heterocycles. The van der Waals surface area contributed by atoms with E-state index in [4.69, 9.17) is 0 Å². The van der Waals surface area contributed by atoms with Gasteiger partial charge in [-0.05, 0) is 26.7 Å². The molecule has 0 rings (SSSR count). The number of carbonyl (C=O) groups is 2. The van der Waals surface area contributed by atoms with Crippen molar-refractivity contribution in [3.05, 3.63) is 0 Å². The first kappa shape index (κ1) is 19.9. The fourth-order valence-electron chi connectivity index (χ4n) is 1.92. The lowest BCUT2D eigenvalue weighted by Gasteiger charge is -2.18. The van der Waals surface area contributed by atoms with Crippen LogP contribution in [0.1, 0.15) is 66.2 Å². The summed E-state index contributed by atoms with van der Waals surface area (Å²) in [5.74, 6) is -0.127. The van der Waals surface area contributed by atoms with E-state index in [1.807, 2.05) is 26.0 Å². The highest BCUT2D eigenvalue weighted by Crippen LogP contribution is 2.23. The van der Waals surface area contributed by atoms with Crippen LogP contribution in [0.3, 0.4) is 0 Å². The zero-order valence-corrected chi connectivity index (χ0v) is 13.8. The summed E-state index contributed by atoms with van der Waals surface area (Å²) in [6.07, 6.45) is 2.11. The molecule has 2 unspecified atom stereocenters. The maximum Gasteiger partial charge on any atom is 0.171 e. The van der Waals surface area contributed by atoms with Crippen molar-refractivity contribution in [2.45, 2.75) is 77.3 Å². The molecule has 0 radical (unpaired) electrons. The molecule has 0 N–H and O–H groups in total.